The summed E-state index contributed by atoms with van der Waals surface area (Å²) in [6.07, 6.45) is 4.68. The lowest BCUT2D eigenvalue weighted by molar-refractivity contribution is 0.146. The molecule has 1 aliphatic carbocycles. The molecule has 0 saturated heterocycles. The van der Waals surface area contributed by atoms with Crippen molar-refractivity contribution in [1.82, 2.24) is 5.32 Å². The van der Waals surface area contributed by atoms with Gasteiger partial charge in [0.1, 0.15) is 12.4 Å². The molecule has 5 nitrogen and oxygen atoms in total. The Morgan fingerprint density at radius 2 is 2.04 bits per heavy atom. The number of methoxy groups -OCH3 is 1. The highest BCUT2D eigenvalue weighted by molar-refractivity contribution is 5.91. The van der Waals surface area contributed by atoms with Gasteiger partial charge in [-0.1, -0.05) is 25.8 Å². The molecular weight excluding hydrogens is 292 g/mol. The van der Waals surface area contributed by atoms with Crippen molar-refractivity contribution >= 4 is 11.7 Å². The van der Waals surface area contributed by atoms with Gasteiger partial charge in [0.25, 0.3) is 0 Å². The molecule has 0 aromatic heterocycles. The van der Waals surface area contributed by atoms with Crippen LogP contribution in [0.5, 0.6) is 5.75 Å². The maximum absolute atomic E-state index is 12.3. The molecule has 0 radical (unpaired) electrons. The van der Waals surface area contributed by atoms with Gasteiger partial charge in [-0.3, -0.25) is 0 Å². The van der Waals surface area contributed by atoms with Gasteiger partial charge in [-0.15, -0.1) is 0 Å². The molecule has 0 heterocycles. The van der Waals surface area contributed by atoms with Crippen LogP contribution in [0, 0.1) is 12.8 Å². The molecule has 1 aromatic carbocycles. The largest absolute Gasteiger partial charge is 0.489 e. The third kappa shape index (κ3) is 5.43. The summed E-state index contributed by atoms with van der Waals surface area (Å²) >= 11 is 0. The molecule has 1 aliphatic rings. The number of aryl methyl sites for hydroxylation is 1. The third-order valence-electron chi connectivity index (χ3n) is 4.36. The SMILES string of the molecule is COCCOc1cc(C)ccc1NC(=O)NC1CCCCC1C. The molecule has 0 bridgehead atoms. The minimum atomic E-state index is -0.163. The summed E-state index contributed by atoms with van der Waals surface area (Å²) in [5, 5.41) is 6.01. The number of hydrogen-bond acceptors (Lipinski definition) is 3. The van der Waals surface area contributed by atoms with Crippen LogP contribution in [0.25, 0.3) is 0 Å². The van der Waals surface area contributed by atoms with Crippen LogP contribution in [0.2, 0.25) is 0 Å². The standard InChI is InChI=1S/C18H28N2O3/c1-13-8-9-16(17(12-13)23-11-10-22-3)20-18(21)19-15-7-5-4-6-14(15)2/h8-9,12,14-15H,4-7,10-11H2,1-3H3,(H2,19,20,21). The van der Waals surface area contributed by atoms with E-state index in [1.54, 1.807) is 7.11 Å². The number of urea groups is 1. The van der Waals surface area contributed by atoms with Gasteiger partial charge in [0.15, 0.2) is 0 Å². The van der Waals surface area contributed by atoms with E-state index in [1.165, 1.54) is 19.3 Å². The zero-order valence-electron chi connectivity index (χ0n) is 14.4. The number of carbonyl (C=O) groups excluding carboxylic acids is 1. The van der Waals surface area contributed by atoms with Crippen LogP contribution in [-0.2, 0) is 4.74 Å². The van der Waals surface area contributed by atoms with E-state index in [2.05, 4.69) is 17.6 Å². The van der Waals surface area contributed by atoms with Crippen LogP contribution in [0.1, 0.15) is 38.2 Å². The highest BCUT2D eigenvalue weighted by Crippen LogP contribution is 2.27. The Labute approximate surface area is 138 Å². The zero-order valence-corrected chi connectivity index (χ0v) is 14.4. The molecule has 2 amide bonds. The van der Waals surface area contributed by atoms with Crippen molar-refractivity contribution in [2.24, 2.45) is 5.92 Å². The Morgan fingerprint density at radius 3 is 2.78 bits per heavy atom. The average molecular weight is 320 g/mol. The molecule has 2 N–H and O–H groups in total. The number of ether oxygens (including phenoxy) is 2. The van der Waals surface area contributed by atoms with Gasteiger partial charge < -0.3 is 20.1 Å². The van der Waals surface area contributed by atoms with Crippen molar-refractivity contribution in [2.75, 3.05) is 25.6 Å². The predicted octanol–water partition coefficient (Wildman–Crippen LogP) is 3.72. The van der Waals surface area contributed by atoms with Crippen LogP contribution in [0.15, 0.2) is 18.2 Å². The lowest BCUT2D eigenvalue weighted by atomic mass is 9.86. The van der Waals surface area contributed by atoms with Gasteiger partial charge in [0, 0.05) is 13.2 Å². The van der Waals surface area contributed by atoms with Crippen LogP contribution < -0.4 is 15.4 Å². The highest BCUT2D eigenvalue weighted by Gasteiger charge is 2.23. The smallest absolute Gasteiger partial charge is 0.319 e. The number of amides is 2. The Morgan fingerprint density at radius 1 is 1.26 bits per heavy atom. The number of hydrogen-bond donors (Lipinski definition) is 2. The normalized spacial score (nSPS) is 20.8. The van der Waals surface area contributed by atoms with Crippen LogP contribution in [-0.4, -0.2) is 32.4 Å². The molecule has 128 valence electrons. The highest BCUT2D eigenvalue weighted by atomic mass is 16.5. The molecule has 23 heavy (non-hydrogen) atoms. The van der Waals surface area contributed by atoms with Gasteiger partial charge in [0.05, 0.1) is 12.3 Å². The molecule has 1 fully saturated rings. The number of rotatable bonds is 6. The summed E-state index contributed by atoms with van der Waals surface area (Å²) in [6.45, 7) is 5.17. The molecule has 2 atom stereocenters. The van der Waals surface area contributed by atoms with Gasteiger partial charge in [-0.2, -0.15) is 0 Å². The van der Waals surface area contributed by atoms with Crippen molar-refractivity contribution in [2.45, 2.75) is 45.6 Å². The van der Waals surface area contributed by atoms with E-state index >= 15 is 0 Å². The summed E-state index contributed by atoms with van der Waals surface area (Å²) in [5.41, 5.74) is 1.77. The Hall–Kier alpha value is -1.75. The first-order valence-corrected chi connectivity index (χ1v) is 8.40. The van der Waals surface area contributed by atoms with E-state index in [-0.39, 0.29) is 12.1 Å². The molecule has 1 aromatic rings. The van der Waals surface area contributed by atoms with Gasteiger partial charge in [-0.05, 0) is 43.4 Å². The molecule has 2 unspecified atom stereocenters. The summed E-state index contributed by atoms with van der Waals surface area (Å²) in [4.78, 5) is 12.3. The fraction of sp³-hybridized carbons (Fsp3) is 0.611. The van der Waals surface area contributed by atoms with E-state index in [4.69, 9.17) is 9.47 Å². The minimum absolute atomic E-state index is 0.163. The monoisotopic (exact) mass is 320 g/mol. The van der Waals surface area contributed by atoms with Crippen LogP contribution in [0.4, 0.5) is 10.5 Å². The van der Waals surface area contributed by atoms with Crippen molar-refractivity contribution in [1.29, 1.82) is 0 Å². The van der Waals surface area contributed by atoms with Crippen molar-refractivity contribution in [3.05, 3.63) is 23.8 Å². The minimum Gasteiger partial charge on any atom is -0.489 e. The summed E-state index contributed by atoms with van der Waals surface area (Å²) in [6, 6.07) is 5.86. The van der Waals surface area contributed by atoms with Gasteiger partial charge in [0.2, 0.25) is 0 Å². The van der Waals surface area contributed by atoms with Crippen LogP contribution >= 0.6 is 0 Å². The lowest BCUT2D eigenvalue weighted by Crippen LogP contribution is -2.43. The summed E-state index contributed by atoms with van der Waals surface area (Å²) < 4.78 is 10.7. The maximum atomic E-state index is 12.3. The van der Waals surface area contributed by atoms with Crippen molar-refractivity contribution in [3.8, 4) is 5.75 Å². The maximum Gasteiger partial charge on any atom is 0.319 e. The quantitative estimate of drug-likeness (QED) is 0.785. The number of benzene rings is 1. The van der Waals surface area contributed by atoms with E-state index < -0.39 is 0 Å². The first-order valence-electron chi connectivity index (χ1n) is 8.40. The van der Waals surface area contributed by atoms with Crippen molar-refractivity contribution < 1.29 is 14.3 Å². The van der Waals surface area contributed by atoms with E-state index in [1.807, 2.05) is 25.1 Å². The Bertz CT molecular complexity index is 519. The molecular formula is C18H28N2O3. The zero-order chi connectivity index (χ0) is 16.7. The Balaban J connectivity index is 1.96. The van der Waals surface area contributed by atoms with Gasteiger partial charge in [-0.25, -0.2) is 4.79 Å². The first-order chi connectivity index (χ1) is 11.1. The fourth-order valence-corrected chi connectivity index (χ4v) is 2.94. The third-order valence-corrected chi connectivity index (χ3v) is 4.36. The average Bonchev–Trinajstić information content (AvgIpc) is 2.52. The number of nitrogens with one attached hydrogen (secondary N) is 2. The lowest BCUT2D eigenvalue weighted by Gasteiger charge is -2.29. The fourth-order valence-electron chi connectivity index (χ4n) is 2.94. The molecule has 2 rings (SSSR count). The molecule has 0 spiro atoms. The first kappa shape index (κ1) is 17.6. The van der Waals surface area contributed by atoms with E-state index in [0.29, 0.717) is 30.6 Å². The summed E-state index contributed by atoms with van der Waals surface area (Å²) in [5.74, 6) is 1.21. The predicted molar refractivity (Wildman–Crippen MR) is 92.1 cm³/mol. The van der Waals surface area contributed by atoms with Gasteiger partial charge >= 0.3 is 6.03 Å². The summed E-state index contributed by atoms with van der Waals surface area (Å²) in [7, 11) is 1.64. The molecule has 5 heteroatoms. The molecule has 1 saturated carbocycles. The molecule has 0 aliphatic heterocycles. The second-order valence-electron chi connectivity index (χ2n) is 6.31. The van der Waals surface area contributed by atoms with Crippen LogP contribution in [0.3, 0.4) is 0 Å². The number of anilines is 1. The van der Waals surface area contributed by atoms with E-state index in [9.17, 15) is 4.79 Å². The topological polar surface area (TPSA) is 59.6 Å². The van der Waals surface area contributed by atoms with E-state index in [0.717, 1.165) is 12.0 Å². The number of carbonyl (C=O) groups is 1. The second kappa shape index (κ2) is 8.77. The van der Waals surface area contributed by atoms with Crippen molar-refractivity contribution in [3.63, 3.8) is 0 Å². The second-order valence-corrected chi connectivity index (χ2v) is 6.31. The Kier molecular flexibility index (Phi) is 6.71.